The summed E-state index contributed by atoms with van der Waals surface area (Å²) in [6.45, 7) is 1.47. The number of carbonyl (C=O) groups excluding carboxylic acids is 2. The summed E-state index contributed by atoms with van der Waals surface area (Å²) in [4.78, 5) is 32.5. The molecule has 126 valence electrons. The van der Waals surface area contributed by atoms with Gasteiger partial charge in [0.2, 0.25) is 5.91 Å². The van der Waals surface area contributed by atoms with Crippen molar-refractivity contribution in [3.8, 4) is 0 Å². The van der Waals surface area contributed by atoms with Crippen molar-refractivity contribution in [1.82, 2.24) is 10.4 Å². The molecule has 2 aromatic rings. The highest BCUT2D eigenvalue weighted by atomic mass is 32.1. The fourth-order valence-electron chi connectivity index (χ4n) is 2.78. The highest BCUT2D eigenvalue weighted by Gasteiger charge is 2.29. The second-order valence-corrected chi connectivity index (χ2v) is 6.76. The normalized spacial score (nSPS) is 17.5. The van der Waals surface area contributed by atoms with Crippen LogP contribution < -0.4 is 5.48 Å². The Morgan fingerprint density at radius 1 is 1.21 bits per heavy atom. The standard InChI is InChI=1S/C18H20N2O3S/c21-17(19-23-13-14-6-2-1-3-7-14)15-8-4-10-20(12-15)18(22)16-9-5-11-24-16/h1-3,5-7,9,11,15H,4,8,10,12-13H2,(H,19,21)/t15-/m0/s1. The summed E-state index contributed by atoms with van der Waals surface area (Å²) in [5, 5.41) is 1.89. The van der Waals surface area contributed by atoms with E-state index in [-0.39, 0.29) is 17.7 Å². The summed E-state index contributed by atoms with van der Waals surface area (Å²) in [6, 6.07) is 13.3. The molecule has 0 saturated carbocycles. The molecule has 1 fully saturated rings. The molecule has 0 bridgehead atoms. The van der Waals surface area contributed by atoms with Crippen LogP contribution in [0.5, 0.6) is 0 Å². The molecule has 1 aliphatic heterocycles. The van der Waals surface area contributed by atoms with Crippen LogP contribution in [-0.2, 0) is 16.2 Å². The van der Waals surface area contributed by atoms with E-state index in [1.165, 1.54) is 11.3 Å². The van der Waals surface area contributed by atoms with Gasteiger partial charge < -0.3 is 4.90 Å². The fraction of sp³-hybridized carbons (Fsp3) is 0.333. The predicted octanol–water partition coefficient (Wildman–Crippen LogP) is 2.85. The van der Waals surface area contributed by atoms with Crippen molar-refractivity contribution in [2.75, 3.05) is 13.1 Å². The number of benzene rings is 1. The first-order valence-electron chi connectivity index (χ1n) is 8.02. The van der Waals surface area contributed by atoms with Gasteiger partial charge in [0.1, 0.15) is 0 Å². The molecule has 0 unspecified atom stereocenters. The molecule has 5 nitrogen and oxygen atoms in total. The fourth-order valence-corrected chi connectivity index (χ4v) is 3.47. The second-order valence-electron chi connectivity index (χ2n) is 5.81. The number of carbonyl (C=O) groups is 2. The number of hydroxylamine groups is 1. The number of nitrogens with zero attached hydrogens (tertiary/aromatic N) is 1. The van der Waals surface area contributed by atoms with Crippen LogP contribution in [0.3, 0.4) is 0 Å². The van der Waals surface area contributed by atoms with E-state index in [9.17, 15) is 9.59 Å². The van der Waals surface area contributed by atoms with Gasteiger partial charge in [-0.3, -0.25) is 14.4 Å². The van der Waals surface area contributed by atoms with Crippen molar-refractivity contribution in [2.24, 2.45) is 5.92 Å². The quantitative estimate of drug-likeness (QED) is 0.849. The van der Waals surface area contributed by atoms with Crippen molar-refractivity contribution in [3.63, 3.8) is 0 Å². The molecule has 0 aliphatic carbocycles. The Morgan fingerprint density at radius 2 is 2.04 bits per heavy atom. The van der Waals surface area contributed by atoms with Gasteiger partial charge in [0, 0.05) is 13.1 Å². The Bertz CT molecular complexity index is 673. The zero-order valence-corrected chi connectivity index (χ0v) is 14.1. The Labute approximate surface area is 145 Å². The van der Waals surface area contributed by atoms with Crippen LogP contribution in [0.15, 0.2) is 47.8 Å². The van der Waals surface area contributed by atoms with E-state index in [4.69, 9.17) is 4.84 Å². The number of hydrogen-bond donors (Lipinski definition) is 1. The van der Waals surface area contributed by atoms with Gasteiger partial charge in [-0.15, -0.1) is 11.3 Å². The van der Waals surface area contributed by atoms with E-state index in [0.717, 1.165) is 23.3 Å². The molecular weight excluding hydrogens is 324 g/mol. The first-order valence-corrected chi connectivity index (χ1v) is 8.90. The number of thiophene rings is 1. The number of amides is 2. The summed E-state index contributed by atoms with van der Waals surface area (Å²) in [5.74, 6) is -0.374. The molecular formula is C18H20N2O3S. The SMILES string of the molecule is O=C(NOCc1ccccc1)[C@H]1CCCN(C(=O)c2cccs2)C1. The summed E-state index contributed by atoms with van der Waals surface area (Å²) >= 11 is 1.43. The molecule has 1 aromatic heterocycles. The maximum absolute atomic E-state index is 12.4. The van der Waals surface area contributed by atoms with Gasteiger partial charge in [-0.05, 0) is 29.9 Å². The average molecular weight is 344 g/mol. The largest absolute Gasteiger partial charge is 0.337 e. The molecule has 1 aliphatic rings. The minimum Gasteiger partial charge on any atom is -0.337 e. The summed E-state index contributed by atoms with van der Waals surface area (Å²) in [6.07, 6.45) is 1.60. The summed E-state index contributed by atoms with van der Waals surface area (Å²) in [5.41, 5.74) is 3.52. The van der Waals surface area contributed by atoms with Crippen LogP contribution in [-0.4, -0.2) is 29.8 Å². The Kier molecular flexibility index (Phi) is 5.61. The van der Waals surface area contributed by atoms with Crippen LogP contribution in [0.4, 0.5) is 0 Å². The lowest BCUT2D eigenvalue weighted by atomic mass is 9.97. The molecule has 2 heterocycles. The van der Waals surface area contributed by atoms with E-state index < -0.39 is 0 Å². The van der Waals surface area contributed by atoms with E-state index in [1.54, 1.807) is 4.90 Å². The molecule has 1 atom stereocenters. The lowest BCUT2D eigenvalue weighted by Gasteiger charge is -2.31. The molecule has 0 spiro atoms. The van der Waals surface area contributed by atoms with E-state index >= 15 is 0 Å². The Balaban J connectivity index is 1.49. The lowest BCUT2D eigenvalue weighted by molar-refractivity contribution is -0.140. The van der Waals surface area contributed by atoms with Crippen LogP contribution in [0.1, 0.15) is 28.1 Å². The topological polar surface area (TPSA) is 58.6 Å². The Morgan fingerprint density at radius 3 is 2.79 bits per heavy atom. The van der Waals surface area contributed by atoms with Crippen molar-refractivity contribution in [3.05, 3.63) is 58.3 Å². The van der Waals surface area contributed by atoms with E-state index in [2.05, 4.69) is 5.48 Å². The van der Waals surface area contributed by atoms with E-state index in [0.29, 0.717) is 19.7 Å². The summed E-state index contributed by atoms with van der Waals surface area (Å²) in [7, 11) is 0. The molecule has 3 rings (SSSR count). The van der Waals surface area contributed by atoms with Gasteiger partial charge in [0.25, 0.3) is 5.91 Å². The zero-order valence-electron chi connectivity index (χ0n) is 13.3. The van der Waals surface area contributed by atoms with E-state index in [1.807, 2.05) is 47.8 Å². The van der Waals surface area contributed by atoms with Crippen LogP contribution in [0.25, 0.3) is 0 Å². The van der Waals surface area contributed by atoms with Crippen LogP contribution >= 0.6 is 11.3 Å². The zero-order chi connectivity index (χ0) is 16.8. The lowest BCUT2D eigenvalue weighted by Crippen LogP contribution is -2.45. The number of likely N-dealkylation sites (tertiary alicyclic amines) is 1. The minimum atomic E-state index is -0.224. The number of piperidine rings is 1. The van der Waals surface area contributed by atoms with Crippen LogP contribution in [0, 0.1) is 5.92 Å². The first-order chi connectivity index (χ1) is 11.7. The summed E-state index contributed by atoms with van der Waals surface area (Å²) < 4.78 is 0. The molecule has 1 N–H and O–H groups in total. The van der Waals surface area contributed by atoms with Crippen molar-refractivity contribution in [2.45, 2.75) is 19.4 Å². The molecule has 6 heteroatoms. The smallest absolute Gasteiger partial charge is 0.263 e. The number of hydrogen-bond acceptors (Lipinski definition) is 4. The molecule has 2 amide bonds. The minimum absolute atomic E-state index is 0.00713. The third-order valence-electron chi connectivity index (χ3n) is 4.07. The monoisotopic (exact) mass is 344 g/mol. The third-order valence-corrected chi connectivity index (χ3v) is 4.92. The van der Waals surface area contributed by atoms with Crippen molar-refractivity contribution < 1.29 is 14.4 Å². The molecule has 0 radical (unpaired) electrons. The van der Waals surface area contributed by atoms with Gasteiger partial charge in [0.05, 0.1) is 17.4 Å². The van der Waals surface area contributed by atoms with Gasteiger partial charge in [0.15, 0.2) is 0 Å². The van der Waals surface area contributed by atoms with Gasteiger partial charge >= 0.3 is 0 Å². The van der Waals surface area contributed by atoms with Crippen molar-refractivity contribution in [1.29, 1.82) is 0 Å². The maximum Gasteiger partial charge on any atom is 0.263 e. The first kappa shape index (κ1) is 16.7. The highest BCUT2D eigenvalue weighted by molar-refractivity contribution is 7.12. The van der Waals surface area contributed by atoms with Crippen molar-refractivity contribution >= 4 is 23.2 Å². The highest BCUT2D eigenvalue weighted by Crippen LogP contribution is 2.20. The second kappa shape index (κ2) is 8.08. The molecule has 24 heavy (non-hydrogen) atoms. The maximum atomic E-state index is 12.4. The Hall–Kier alpha value is -2.18. The van der Waals surface area contributed by atoms with Gasteiger partial charge in [-0.1, -0.05) is 36.4 Å². The number of rotatable bonds is 5. The average Bonchev–Trinajstić information content (AvgIpc) is 3.16. The predicted molar refractivity (Wildman–Crippen MR) is 92.3 cm³/mol. The molecule has 1 saturated heterocycles. The van der Waals surface area contributed by atoms with Gasteiger partial charge in [-0.25, -0.2) is 5.48 Å². The number of nitrogens with one attached hydrogen (secondary N) is 1. The van der Waals surface area contributed by atoms with Gasteiger partial charge in [-0.2, -0.15) is 0 Å². The van der Waals surface area contributed by atoms with Crippen LogP contribution in [0.2, 0.25) is 0 Å². The third kappa shape index (κ3) is 4.21. The molecule has 1 aromatic carbocycles.